The molecule has 0 radical (unpaired) electrons. The highest BCUT2D eigenvalue weighted by Gasteiger charge is 2.21. The van der Waals surface area contributed by atoms with Gasteiger partial charge in [-0.1, -0.05) is 24.3 Å². The van der Waals surface area contributed by atoms with E-state index in [-0.39, 0.29) is 5.91 Å². The fourth-order valence-electron chi connectivity index (χ4n) is 2.68. The Morgan fingerprint density at radius 2 is 1.87 bits per heavy atom. The molecule has 23 heavy (non-hydrogen) atoms. The van der Waals surface area contributed by atoms with Gasteiger partial charge in [0.1, 0.15) is 11.4 Å². The molecule has 0 aliphatic heterocycles. The normalized spacial score (nSPS) is 10.7. The largest absolute Gasteiger partial charge is 0.337 e. The first-order valence-electron chi connectivity index (χ1n) is 7.53. The summed E-state index contributed by atoms with van der Waals surface area (Å²) in [6.07, 6.45) is 5.45. The van der Waals surface area contributed by atoms with Gasteiger partial charge in [0, 0.05) is 33.0 Å². The summed E-state index contributed by atoms with van der Waals surface area (Å²) in [6.45, 7) is 2.63. The van der Waals surface area contributed by atoms with Crippen molar-refractivity contribution in [2.45, 2.75) is 13.5 Å². The van der Waals surface area contributed by atoms with Gasteiger partial charge in [-0.2, -0.15) is 5.10 Å². The van der Waals surface area contributed by atoms with E-state index in [9.17, 15) is 4.79 Å². The Morgan fingerprint density at radius 3 is 2.57 bits per heavy atom. The van der Waals surface area contributed by atoms with Crippen LogP contribution in [-0.4, -0.2) is 32.2 Å². The average Bonchev–Trinajstić information content (AvgIpc) is 3.17. The van der Waals surface area contributed by atoms with E-state index >= 15 is 0 Å². The second kappa shape index (κ2) is 6.12. The Labute approximate surface area is 135 Å². The Hall–Kier alpha value is -2.82. The number of carbonyl (C=O) groups is 1. The van der Waals surface area contributed by atoms with E-state index in [0.29, 0.717) is 12.1 Å². The number of benzene rings is 1. The molecule has 3 rings (SSSR count). The average molecular weight is 308 g/mol. The minimum atomic E-state index is -0.0370. The van der Waals surface area contributed by atoms with Gasteiger partial charge in [-0.15, -0.1) is 0 Å². The summed E-state index contributed by atoms with van der Waals surface area (Å²) in [4.78, 5) is 14.6. The lowest BCUT2D eigenvalue weighted by atomic mass is 10.1. The molecular formula is C18H20N4O. The van der Waals surface area contributed by atoms with Crippen LogP contribution in [0.2, 0.25) is 0 Å². The predicted molar refractivity (Wildman–Crippen MR) is 89.5 cm³/mol. The van der Waals surface area contributed by atoms with Gasteiger partial charge in [-0.3, -0.25) is 9.48 Å². The molecule has 0 aliphatic rings. The van der Waals surface area contributed by atoms with E-state index in [0.717, 1.165) is 11.4 Å². The van der Waals surface area contributed by atoms with E-state index in [4.69, 9.17) is 0 Å². The zero-order valence-corrected chi connectivity index (χ0v) is 13.6. The van der Waals surface area contributed by atoms with Gasteiger partial charge >= 0.3 is 0 Å². The van der Waals surface area contributed by atoms with E-state index in [1.807, 2.05) is 55.3 Å². The molecule has 0 bridgehead atoms. The zero-order valence-electron chi connectivity index (χ0n) is 13.6. The van der Waals surface area contributed by atoms with Gasteiger partial charge in [0.25, 0.3) is 5.91 Å². The number of amides is 1. The van der Waals surface area contributed by atoms with Gasteiger partial charge in [0.15, 0.2) is 0 Å². The fraction of sp³-hybridized carbons (Fsp3) is 0.222. The van der Waals surface area contributed by atoms with Crippen molar-refractivity contribution in [2.75, 3.05) is 7.05 Å². The lowest BCUT2D eigenvalue weighted by Crippen LogP contribution is -2.27. The van der Waals surface area contributed by atoms with Crippen molar-refractivity contribution in [3.63, 3.8) is 0 Å². The molecule has 1 aromatic carbocycles. The molecule has 0 saturated heterocycles. The van der Waals surface area contributed by atoms with Crippen LogP contribution in [0.1, 0.15) is 21.5 Å². The topological polar surface area (TPSA) is 43.1 Å². The highest BCUT2D eigenvalue weighted by Crippen LogP contribution is 2.17. The molecule has 0 N–H and O–H groups in total. The van der Waals surface area contributed by atoms with Crippen molar-refractivity contribution >= 4 is 5.91 Å². The van der Waals surface area contributed by atoms with Gasteiger partial charge in [-0.05, 0) is 30.2 Å². The van der Waals surface area contributed by atoms with Crippen molar-refractivity contribution in [3.05, 3.63) is 71.7 Å². The van der Waals surface area contributed by atoms with Crippen LogP contribution in [-0.2, 0) is 13.6 Å². The molecule has 1 amide bonds. The maximum absolute atomic E-state index is 12.8. The second-order valence-electron chi connectivity index (χ2n) is 5.68. The zero-order chi connectivity index (χ0) is 16.4. The first-order chi connectivity index (χ1) is 11.1. The van der Waals surface area contributed by atoms with Crippen LogP contribution in [0.5, 0.6) is 0 Å². The lowest BCUT2D eigenvalue weighted by Gasteiger charge is -2.19. The number of hydrogen-bond acceptors (Lipinski definition) is 2. The maximum Gasteiger partial charge on any atom is 0.259 e. The van der Waals surface area contributed by atoms with Crippen LogP contribution in [0.15, 0.2) is 55.0 Å². The second-order valence-corrected chi connectivity index (χ2v) is 5.68. The fourth-order valence-corrected chi connectivity index (χ4v) is 2.68. The predicted octanol–water partition coefficient (Wildman–Crippen LogP) is 2.79. The molecule has 5 nitrogen and oxygen atoms in total. The Balaban J connectivity index is 1.88. The van der Waals surface area contributed by atoms with Crippen LogP contribution < -0.4 is 0 Å². The number of rotatable bonds is 4. The third-order valence-corrected chi connectivity index (χ3v) is 4.00. The summed E-state index contributed by atoms with van der Waals surface area (Å²) in [7, 11) is 3.66. The van der Waals surface area contributed by atoms with Gasteiger partial charge in [0.2, 0.25) is 0 Å². The number of hydrogen-bond donors (Lipinski definition) is 0. The molecule has 0 spiro atoms. The molecule has 0 aliphatic carbocycles. The number of aromatic nitrogens is 3. The van der Waals surface area contributed by atoms with Crippen molar-refractivity contribution in [1.29, 1.82) is 0 Å². The number of carbonyl (C=O) groups excluding carboxylic acids is 1. The van der Waals surface area contributed by atoms with Crippen LogP contribution in [0, 0.1) is 6.92 Å². The van der Waals surface area contributed by atoms with E-state index in [2.05, 4.69) is 24.2 Å². The first-order valence-corrected chi connectivity index (χ1v) is 7.53. The maximum atomic E-state index is 12.8. The minimum Gasteiger partial charge on any atom is -0.337 e. The van der Waals surface area contributed by atoms with Crippen LogP contribution in [0.3, 0.4) is 0 Å². The van der Waals surface area contributed by atoms with Crippen molar-refractivity contribution in [2.24, 2.45) is 7.05 Å². The summed E-state index contributed by atoms with van der Waals surface area (Å²) in [5.74, 6) is 0.738. The van der Waals surface area contributed by atoms with Gasteiger partial charge in [-0.25, -0.2) is 0 Å². The third kappa shape index (κ3) is 2.90. The Morgan fingerprint density at radius 1 is 1.17 bits per heavy atom. The van der Waals surface area contributed by atoms with Crippen LogP contribution >= 0.6 is 0 Å². The molecule has 0 atom stereocenters. The van der Waals surface area contributed by atoms with E-state index in [1.54, 1.807) is 15.8 Å². The standard InChI is InChI=1S/C18H20N4O/c1-14-8-4-5-9-15(14)13-20(2)18(23)16-12-19-21(3)17(16)22-10-6-7-11-22/h4-12H,13H2,1-3H3. The smallest absolute Gasteiger partial charge is 0.259 e. The monoisotopic (exact) mass is 308 g/mol. The Bertz CT molecular complexity index is 817. The summed E-state index contributed by atoms with van der Waals surface area (Å²) >= 11 is 0. The van der Waals surface area contributed by atoms with Crippen molar-refractivity contribution < 1.29 is 4.79 Å². The third-order valence-electron chi connectivity index (χ3n) is 4.00. The van der Waals surface area contributed by atoms with Crippen molar-refractivity contribution in [3.8, 4) is 5.82 Å². The van der Waals surface area contributed by atoms with Crippen LogP contribution in [0.25, 0.3) is 5.82 Å². The molecule has 2 heterocycles. The molecular weight excluding hydrogens is 288 g/mol. The van der Waals surface area contributed by atoms with E-state index < -0.39 is 0 Å². The Kier molecular flexibility index (Phi) is 4.02. The van der Waals surface area contributed by atoms with Crippen LogP contribution in [0.4, 0.5) is 0 Å². The van der Waals surface area contributed by atoms with E-state index in [1.165, 1.54) is 5.56 Å². The molecule has 0 unspecified atom stereocenters. The molecule has 2 aromatic heterocycles. The van der Waals surface area contributed by atoms with Gasteiger partial charge in [0.05, 0.1) is 6.20 Å². The molecule has 118 valence electrons. The highest BCUT2D eigenvalue weighted by atomic mass is 16.2. The SMILES string of the molecule is Cc1ccccc1CN(C)C(=O)c1cnn(C)c1-n1cccc1. The number of aryl methyl sites for hydroxylation is 2. The molecule has 0 fully saturated rings. The molecule has 0 saturated carbocycles. The lowest BCUT2D eigenvalue weighted by molar-refractivity contribution is 0.0785. The summed E-state index contributed by atoms with van der Waals surface area (Å²) in [6, 6.07) is 12.0. The van der Waals surface area contributed by atoms with Gasteiger partial charge < -0.3 is 9.47 Å². The summed E-state index contributed by atoms with van der Waals surface area (Å²) in [5.41, 5.74) is 2.93. The van der Waals surface area contributed by atoms with Crippen molar-refractivity contribution in [1.82, 2.24) is 19.2 Å². The summed E-state index contributed by atoms with van der Waals surface area (Å²) < 4.78 is 3.62. The number of nitrogens with zero attached hydrogens (tertiary/aromatic N) is 4. The highest BCUT2D eigenvalue weighted by molar-refractivity contribution is 5.96. The first kappa shape index (κ1) is 15.1. The molecule has 5 heteroatoms. The minimum absolute atomic E-state index is 0.0370. The summed E-state index contributed by atoms with van der Waals surface area (Å²) in [5, 5.41) is 4.25. The molecule has 3 aromatic rings. The quantitative estimate of drug-likeness (QED) is 0.744.